The molecule has 3 nitrogen and oxygen atoms in total. The Morgan fingerprint density at radius 3 is 2.84 bits per heavy atom. The molecule has 1 unspecified atom stereocenters. The van der Waals surface area contributed by atoms with Gasteiger partial charge in [0.2, 0.25) is 0 Å². The normalized spacial score (nSPS) is 23.9. The molecular weight excluding hydrogens is 243 g/mol. The van der Waals surface area contributed by atoms with Gasteiger partial charge in [0.05, 0.1) is 12.3 Å². The smallest absolute Gasteiger partial charge is 0.141 e. The molecule has 0 aromatic carbocycles. The molecule has 1 aliphatic carbocycles. The third kappa shape index (κ3) is 3.98. The summed E-state index contributed by atoms with van der Waals surface area (Å²) in [5.74, 6) is 0.407. The van der Waals surface area contributed by atoms with Crippen molar-refractivity contribution in [2.24, 2.45) is 5.92 Å². The molecule has 0 spiro atoms. The van der Waals surface area contributed by atoms with Crippen LogP contribution in [-0.4, -0.2) is 24.2 Å². The zero-order valence-electron chi connectivity index (χ0n) is 11.7. The molecule has 0 aliphatic heterocycles. The van der Waals surface area contributed by atoms with Gasteiger partial charge in [-0.1, -0.05) is 6.92 Å². The molecule has 1 aromatic heterocycles. The van der Waals surface area contributed by atoms with Crippen LogP contribution in [0.1, 0.15) is 44.7 Å². The van der Waals surface area contributed by atoms with Crippen LogP contribution >= 0.6 is 0 Å². The summed E-state index contributed by atoms with van der Waals surface area (Å²) in [7, 11) is 0. The molecule has 1 aliphatic rings. The molecule has 1 atom stereocenters. The molecular formula is C15H23FN2O. The van der Waals surface area contributed by atoms with Crippen LogP contribution in [0.25, 0.3) is 0 Å². The van der Waals surface area contributed by atoms with Gasteiger partial charge in [0.25, 0.3) is 0 Å². The van der Waals surface area contributed by atoms with Crippen LogP contribution in [0.4, 0.5) is 4.39 Å². The standard InChI is InChI=1S/C15H23FN2O/c1-3-18-15(12-8-13(16)10-17-9-12)7-11-5-14(6-11)19-4-2/h8-11,14-15,18H,3-7H2,1-2H3. The van der Waals surface area contributed by atoms with Crippen molar-refractivity contribution < 1.29 is 9.13 Å². The lowest BCUT2D eigenvalue weighted by Crippen LogP contribution is -2.34. The minimum absolute atomic E-state index is 0.195. The fourth-order valence-electron chi connectivity index (χ4n) is 2.77. The first-order valence-corrected chi connectivity index (χ1v) is 7.18. The summed E-state index contributed by atoms with van der Waals surface area (Å²) in [5, 5.41) is 3.42. The van der Waals surface area contributed by atoms with E-state index in [0.717, 1.165) is 38.0 Å². The lowest BCUT2D eigenvalue weighted by Gasteiger charge is -2.37. The Morgan fingerprint density at radius 2 is 2.21 bits per heavy atom. The number of rotatable bonds is 7. The maximum absolute atomic E-state index is 13.3. The number of pyridine rings is 1. The minimum Gasteiger partial charge on any atom is -0.378 e. The van der Waals surface area contributed by atoms with Gasteiger partial charge in [0, 0.05) is 18.8 Å². The van der Waals surface area contributed by atoms with Crippen LogP contribution in [0.5, 0.6) is 0 Å². The summed E-state index contributed by atoms with van der Waals surface area (Å²) >= 11 is 0. The van der Waals surface area contributed by atoms with E-state index in [1.165, 1.54) is 6.20 Å². The number of nitrogens with zero attached hydrogens (tertiary/aromatic N) is 1. The van der Waals surface area contributed by atoms with Crippen LogP contribution in [-0.2, 0) is 4.74 Å². The van der Waals surface area contributed by atoms with Crippen molar-refractivity contribution in [1.82, 2.24) is 10.3 Å². The number of ether oxygens (including phenoxy) is 1. The summed E-state index contributed by atoms with van der Waals surface area (Å²) in [6.07, 6.45) is 6.72. The summed E-state index contributed by atoms with van der Waals surface area (Å²) in [6.45, 7) is 5.78. The summed E-state index contributed by atoms with van der Waals surface area (Å²) < 4.78 is 18.8. The molecule has 1 N–H and O–H groups in total. The summed E-state index contributed by atoms with van der Waals surface area (Å²) in [6, 6.07) is 1.78. The second kappa shape index (κ2) is 6.96. The highest BCUT2D eigenvalue weighted by molar-refractivity contribution is 5.15. The number of hydrogen-bond acceptors (Lipinski definition) is 3. The molecule has 0 bridgehead atoms. The van der Waals surface area contributed by atoms with Gasteiger partial charge in [-0.2, -0.15) is 0 Å². The van der Waals surface area contributed by atoms with Gasteiger partial charge in [0.1, 0.15) is 5.82 Å². The van der Waals surface area contributed by atoms with Crippen molar-refractivity contribution >= 4 is 0 Å². The highest BCUT2D eigenvalue weighted by atomic mass is 19.1. The second-order valence-corrected chi connectivity index (χ2v) is 5.20. The number of hydrogen-bond donors (Lipinski definition) is 1. The van der Waals surface area contributed by atoms with Crippen molar-refractivity contribution in [2.45, 2.75) is 45.3 Å². The Balaban J connectivity index is 1.90. The second-order valence-electron chi connectivity index (χ2n) is 5.20. The highest BCUT2D eigenvalue weighted by Crippen LogP contribution is 2.36. The topological polar surface area (TPSA) is 34.1 Å². The summed E-state index contributed by atoms with van der Waals surface area (Å²) in [5.41, 5.74) is 0.946. The largest absolute Gasteiger partial charge is 0.378 e. The molecule has 19 heavy (non-hydrogen) atoms. The van der Waals surface area contributed by atoms with Crippen LogP contribution in [0.3, 0.4) is 0 Å². The van der Waals surface area contributed by atoms with Gasteiger partial charge in [-0.15, -0.1) is 0 Å². The van der Waals surface area contributed by atoms with Crippen LogP contribution in [0, 0.1) is 11.7 Å². The third-order valence-corrected chi connectivity index (χ3v) is 3.74. The monoisotopic (exact) mass is 266 g/mol. The zero-order valence-corrected chi connectivity index (χ0v) is 11.7. The van der Waals surface area contributed by atoms with Crippen molar-refractivity contribution in [3.05, 3.63) is 29.8 Å². The van der Waals surface area contributed by atoms with E-state index >= 15 is 0 Å². The molecule has 0 radical (unpaired) electrons. The van der Waals surface area contributed by atoms with Gasteiger partial charge < -0.3 is 10.1 Å². The SMILES string of the molecule is CCNC(CC1CC(OCC)C1)c1cncc(F)c1. The van der Waals surface area contributed by atoms with Gasteiger partial charge in [-0.25, -0.2) is 4.39 Å². The van der Waals surface area contributed by atoms with E-state index in [4.69, 9.17) is 4.74 Å². The fraction of sp³-hybridized carbons (Fsp3) is 0.667. The van der Waals surface area contributed by atoms with Gasteiger partial charge in [0.15, 0.2) is 0 Å². The Labute approximate surface area is 114 Å². The molecule has 1 aromatic rings. The molecule has 2 rings (SSSR count). The third-order valence-electron chi connectivity index (χ3n) is 3.74. The van der Waals surface area contributed by atoms with E-state index in [1.807, 2.05) is 6.92 Å². The van der Waals surface area contributed by atoms with Crippen molar-refractivity contribution in [1.29, 1.82) is 0 Å². The first-order chi connectivity index (χ1) is 9.22. The molecule has 1 fully saturated rings. The lowest BCUT2D eigenvalue weighted by molar-refractivity contribution is -0.0291. The number of aromatic nitrogens is 1. The molecule has 1 saturated carbocycles. The molecule has 0 saturated heterocycles. The van der Waals surface area contributed by atoms with Crippen LogP contribution in [0.2, 0.25) is 0 Å². The average molecular weight is 266 g/mol. The molecule has 106 valence electrons. The van der Waals surface area contributed by atoms with Crippen LogP contribution in [0.15, 0.2) is 18.5 Å². The van der Waals surface area contributed by atoms with Crippen LogP contribution < -0.4 is 5.32 Å². The predicted molar refractivity (Wildman–Crippen MR) is 73.4 cm³/mol. The fourth-order valence-corrected chi connectivity index (χ4v) is 2.77. The van der Waals surface area contributed by atoms with Crippen molar-refractivity contribution in [2.75, 3.05) is 13.2 Å². The quantitative estimate of drug-likeness (QED) is 0.823. The predicted octanol–water partition coefficient (Wildman–Crippen LogP) is 3.08. The Bertz CT molecular complexity index is 393. The molecule has 1 heterocycles. The Hall–Kier alpha value is -1.00. The van der Waals surface area contributed by atoms with Crippen molar-refractivity contribution in [3.8, 4) is 0 Å². The lowest BCUT2D eigenvalue weighted by atomic mass is 9.77. The number of halogens is 1. The molecule has 0 amide bonds. The maximum Gasteiger partial charge on any atom is 0.141 e. The Morgan fingerprint density at radius 1 is 1.42 bits per heavy atom. The van der Waals surface area contributed by atoms with E-state index in [-0.39, 0.29) is 11.9 Å². The maximum atomic E-state index is 13.3. The van der Waals surface area contributed by atoms with E-state index in [1.54, 1.807) is 12.3 Å². The highest BCUT2D eigenvalue weighted by Gasteiger charge is 2.31. The minimum atomic E-state index is -0.263. The average Bonchev–Trinajstić information content (AvgIpc) is 2.35. The van der Waals surface area contributed by atoms with Gasteiger partial charge in [-0.3, -0.25) is 4.98 Å². The Kier molecular flexibility index (Phi) is 5.28. The zero-order chi connectivity index (χ0) is 13.7. The first kappa shape index (κ1) is 14.4. The first-order valence-electron chi connectivity index (χ1n) is 7.18. The van der Waals surface area contributed by atoms with Crippen molar-refractivity contribution in [3.63, 3.8) is 0 Å². The van der Waals surface area contributed by atoms with Gasteiger partial charge in [-0.05, 0) is 50.3 Å². The van der Waals surface area contributed by atoms with E-state index in [9.17, 15) is 4.39 Å². The van der Waals surface area contributed by atoms with Gasteiger partial charge >= 0.3 is 0 Å². The summed E-state index contributed by atoms with van der Waals surface area (Å²) in [4.78, 5) is 3.94. The van der Waals surface area contributed by atoms with E-state index in [0.29, 0.717) is 12.0 Å². The van der Waals surface area contributed by atoms with E-state index < -0.39 is 0 Å². The molecule has 4 heteroatoms. The van der Waals surface area contributed by atoms with E-state index in [2.05, 4.69) is 17.2 Å². The number of nitrogens with one attached hydrogen (secondary N) is 1.